The standard InChI is InChI=1S/C13H11BrN2O2/c1-8-11(13(17)18)7-15-12(16-8)6-9-2-4-10(14)5-3-9/h2-5,7H,6H2,1H3,(H,17,18). The van der Waals surface area contributed by atoms with E-state index in [0.29, 0.717) is 17.9 Å². The van der Waals surface area contributed by atoms with Crippen molar-refractivity contribution in [1.29, 1.82) is 0 Å². The van der Waals surface area contributed by atoms with Gasteiger partial charge in [0, 0.05) is 17.1 Å². The first-order valence-electron chi connectivity index (χ1n) is 5.36. The maximum atomic E-state index is 10.8. The number of carboxylic acids is 1. The van der Waals surface area contributed by atoms with Crippen molar-refractivity contribution in [3.63, 3.8) is 0 Å². The Kier molecular flexibility index (Phi) is 3.72. The number of halogens is 1. The number of carbonyl (C=O) groups is 1. The second-order valence-electron chi connectivity index (χ2n) is 3.89. The molecule has 0 spiro atoms. The van der Waals surface area contributed by atoms with Crippen molar-refractivity contribution in [1.82, 2.24) is 9.97 Å². The minimum absolute atomic E-state index is 0.148. The van der Waals surface area contributed by atoms with Crippen LogP contribution in [-0.4, -0.2) is 21.0 Å². The number of aryl methyl sites for hydroxylation is 1. The average molecular weight is 307 g/mol. The van der Waals surface area contributed by atoms with Crippen LogP contribution in [0.5, 0.6) is 0 Å². The smallest absolute Gasteiger partial charge is 0.339 e. The summed E-state index contributed by atoms with van der Waals surface area (Å²) in [7, 11) is 0. The fraction of sp³-hybridized carbons (Fsp3) is 0.154. The highest BCUT2D eigenvalue weighted by Crippen LogP contribution is 2.13. The SMILES string of the molecule is Cc1nc(Cc2ccc(Br)cc2)ncc1C(=O)O. The van der Waals surface area contributed by atoms with Crippen LogP contribution in [-0.2, 0) is 6.42 Å². The third-order valence-corrected chi connectivity index (χ3v) is 3.06. The van der Waals surface area contributed by atoms with Crippen molar-refractivity contribution >= 4 is 21.9 Å². The molecule has 1 heterocycles. The molecule has 18 heavy (non-hydrogen) atoms. The minimum Gasteiger partial charge on any atom is -0.478 e. The van der Waals surface area contributed by atoms with Crippen molar-refractivity contribution in [2.24, 2.45) is 0 Å². The quantitative estimate of drug-likeness (QED) is 0.947. The molecule has 0 fully saturated rings. The molecule has 0 aliphatic carbocycles. The summed E-state index contributed by atoms with van der Waals surface area (Å²) in [6, 6.07) is 7.86. The molecule has 1 aromatic heterocycles. The van der Waals surface area contributed by atoms with Crippen molar-refractivity contribution in [3.05, 3.63) is 57.6 Å². The number of carboxylic acid groups (broad SMARTS) is 1. The monoisotopic (exact) mass is 306 g/mol. The minimum atomic E-state index is -0.998. The summed E-state index contributed by atoms with van der Waals surface area (Å²) in [6.07, 6.45) is 1.95. The van der Waals surface area contributed by atoms with Crippen LogP contribution in [0.25, 0.3) is 0 Å². The molecule has 0 aliphatic rings. The van der Waals surface area contributed by atoms with Crippen molar-refractivity contribution in [3.8, 4) is 0 Å². The first-order chi connectivity index (χ1) is 8.56. The molecule has 0 unspecified atom stereocenters. The van der Waals surface area contributed by atoms with E-state index in [1.54, 1.807) is 6.92 Å². The molecule has 1 aromatic carbocycles. The van der Waals surface area contributed by atoms with Crippen LogP contribution in [0.15, 0.2) is 34.9 Å². The molecule has 0 bridgehead atoms. The van der Waals surface area contributed by atoms with Gasteiger partial charge in [-0.15, -0.1) is 0 Å². The van der Waals surface area contributed by atoms with Gasteiger partial charge in [-0.3, -0.25) is 0 Å². The van der Waals surface area contributed by atoms with Crippen LogP contribution in [0, 0.1) is 6.92 Å². The summed E-state index contributed by atoms with van der Waals surface area (Å²) in [5.74, 6) is -0.373. The summed E-state index contributed by atoms with van der Waals surface area (Å²) in [6.45, 7) is 1.68. The topological polar surface area (TPSA) is 63.1 Å². The maximum Gasteiger partial charge on any atom is 0.339 e. The third-order valence-electron chi connectivity index (χ3n) is 2.54. The zero-order valence-corrected chi connectivity index (χ0v) is 11.3. The van der Waals surface area contributed by atoms with E-state index in [1.807, 2.05) is 24.3 Å². The van der Waals surface area contributed by atoms with Gasteiger partial charge in [-0.1, -0.05) is 28.1 Å². The van der Waals surface area contributed by atoms with E-state index >= 15 is 0 Å². The lowest BCUT2D eigenvalue weighted by Gasteiger charge is -2.04. The fourth-order valence-electron chi connectivity index (χ4n) is 1.60. The summed E-state index contributed by atoms with van der Waals surface area (Å²) in [4.78, 5) is 19.1. The number of aromatic nitrogens is 2. The molecule has 0 saturated heterocycles. The van der Waals surface area contributed by atoms with Crippen molar-refractivity contribution in [2.45, 2.75) is 13.3 Å². The van der Waals surface area contributed by atoms with Gasteiger partial charge in [-0.25, -0.2) is 14.8 Å². The molecule has 92 valence electrons. The van der Waals surface area contributed by atoms with Gasteiger partial charge in [0.15, 0.2) is 0 Å². The molecular formula is C13H11BrN2O2. The second-order valence-corrected chi connectivity index (χ2v) is 4.81. The molecule has 0 radical (unpaired) electrons. The highest BCUT2D eigenvalue weighted by Gasteiger charge is 2.10. The Balaban J connectivity index is 2.22. The highest BCUT2D eigenvalue weighted by atomic mass is 79.9. The molecule has 2 rings (SSSR count). The van der Waals surface area contributed by atoms with E-state index in [1.165, 1.54) is 6.20 Å². The Morgan fingerprint density at radius 2 is 2.00 bits per heavy atom. The van der Waals surface area contributed by atoms with E-state index in [0.717, 1.165) is 10.0 Å². The van der Waals surface area contributed by atoms with Crippen LogP contribution in [0.1, 0.15) is 27.4 Å². The first kappa shape index (κ1) is 12.7. The largest absolute Gasteiger partial charge is 0.478 e. The predicted molar refractivity (Wildman–Crippen MR) is 70.7 cm³/mol. The van der Waals surface area contributed by atoms with Gasteiger partial charge in [0.2, 0.25) is 0 Å². The number of benzene rings is 1. The molecule has 5 heteroatoms. The normalized spacial score (nSPS) is 10.3. The molecular weight excluding hydrogens is 296 g/mol. The fourth-order valence-corrected chi connectivity index (χ4v) is 1.86. The highest BCUT2D eigenvalue weighted by molar-refractivity contribution is 9.10. The van der Waals surface area contributed by atoms with Gasteiger partial charge >= 0.3 is 5.97 Å². The van der Waals surface area contributed by atoms with E-state index in [4.69, 9.17) is 5.11 Å². The van der Waals surface area contributed by atoms with E-state index < -0.39 is 5.97 Å². The average Bonchev–Trinajstić information content (AvgIpc) is 2.32. The lowest BCUT2D eigenvalue weighted by Crippen LogP contribution is -2.06. The number of aromatic carboxylic acids is 1. The van der Waals surface area contributed by atoms with Crippen LogP contribution in [0.4, 0.5) is 0 Å². The first-order valence-corrected chi connectivity index (χ1v) is 6.16. The van der Waals surface area contributed by atoms with Crippen molar-refractivity contribution < 1.29 is 9.90 Å². The van der Waals surface area contributed by atoms with Gasteiger partial charge in [0.1, 0.15) is 5.82 Å². The maximum absolute atomic E-state index is 10.8. The summed E-state index contributed by atoms with van der Waals surface area (Å²) < 4.78 is 1.02. The number of rotatable bonds is 3. The number of hydrogen-bond donors (Lipinski definition) is 1. The second kappa shape index (κ2) is 5.27. The predicted octanol–water partition coefficient (Wildman–Crippen LogP) is 2.84. The zero-order chi connectivity index (χ0) is 13.1. The van der Waals surface area contributed by atoms with Crippen molar-refractivity contribution in [2.75, 3.05) is 0 Å². The Hall–Kier alpha value is -1.75. The van der Waals surface area contributed by atoms with Crippen LogP contribution in [0.2, 0.25) is 0 Å². The summed E-state index contributed by atoms with van der Waals surface area (Å²) in [5.41, 5.74) is 1.72. The third kappa shape index (κ3) is 2.92. The lowest BCUT2D eigenvalue weighted by molar-refractivity contribution is 0.0695. The summed E-state index contributed by atoms with van der Waals surface area (Å²) >= 11 is 3.37. The van der Waals surface area contributed by atoms with Crippen LogP contribution < -0.4 is 0 Å². The molecule has 0 atom stereocenters. The Labute approximate surface area is 113 Å². The molecule has 0 aliphatic heterocycles. The Morgan fingerprint density at radius 1 is 1.33 bits per heavy atom. The number of hydrogen-bond acceptors (Lipinski definition) is 3. The van der Waals surface area contributed by atoms with Crippen LogP contribution in [0.3, 0.4) is 0 Å². The van der Waals surface area contributed by atoms with Gasteiger partial charge in [0.05, 0.1) is 11.3 Å². The van der Waals surface area contributed by atoms with E-state index in [2.05, 4.69) is 25.9 Å². The molecule has 4 nitrogen and oxygen atoms in total. The van der Waals surface area contributed by atoms with Gasteiger partial charge < -0.3 is 5.11 Å². The molecule has 0 saturated carbocycles. The number of nitrogens with zero attached hydrogens (tertiary/aromatic N) is 2. The van der Waals surface area contributed by atoms with E-state index in [9.17, 15) is 4.79 Å². The van der Waals surface area contributed by atoms with Crippen LogP contribution >= 0.6 is 15.9 Å². The molecule has 2 aromatic rings. The lowest BCUT2D eigenvalue weighted by atomic mass is 10.1. The molecule has 0 amide bonds. The zero-order valence-electron chi connectivity index (χ0n) is 9.72. The molecule has 1 N–H and O–H groups in total. The van der Waals surface area contributed by atoms with Gasteiger partial charge in [0.25, 0.3) is 0 Å². The van der Waals surface area contributed by atoms with Gasteiger partial charge in [-0.05, 0) is 24.6 Å². The van der Waals surface area contributed by atoms with E-state index in [-0.39, 0.29) is 5.56 Å². The Morgan fingerprint density at radius 3 is 2.56 bits per heavy atom. The summed E-state index contributed by atoms with van der Waals surface area (Å²) in [5, 5.41) is 8.89. The van der Waals surface area contributed by atoms with Gasteiger partial charge in [-0.2, -0.15) is 0 Å². The Bertz CT molecular complexity index is 582.